The maximum Gasteiger partial charge on any atom is 0.418 e. The van der Waals surface area contributed by atoms with Crippen LogP contribution in [0.2, 0.25) is 0 Å². The van der Waals surface area contributed by atoms with Crippen LogP contribution in [-0.4, -0.2) is 34.8 Å². The van der Waals surface area contributed by atoms with Crippen molar-refractivity contribution in [1.29, 1.82) is 0 Å². The zero-order chi connectivity index (χ0) is 22.4. The fraction of sp³-hybridized carbons (Fsp3) is 0.421. The van der Waals surface area contributed by atoms with Gasteiger partial charge in [0.1, 0.15) is 0 Å². The largest absolute Gasteiger partial charge is 0.418 e. The van der Waals surface area contributed by atoms with Gasteiger partial charge < -0.3 is 19.7 Å². The third-order valence-electron chi connectivity index (χ3n) is 4.83. The van der Waals surface area contributed by atoms with Crippen molar-refractivity contribution >= 4 is 28.6 Å². The van der Waals surface area contributed by atoms with Crippen molar-refractivity contribution in [3.63, 3.8) is 0 Å². The van der Waals surface area contributed by atoms with Crippen LogP contribution in [0.4, 0.5) is 32.0 Å². The summed E-state index contributed by atoms with van der Waals surface area (Å²) in [5, 5.41) is 9.83. The molecule has 1 aliphatic rings. The van der Waals surface area contributed by atoms with Gasteiger partial charge in [0, 0.05) is 36.0 Å². The fourth-order valence-corrected chi connectivity index (χ4v) is 3.86. The van der Waals surface area contributed by atoms with Gasteiger partial charge in [-0.05, 0) is 6.92 Å². The molecule has 0 fully saturated rings. The van der Waals surface area contributed by atoms with Gasteiger partial charge in [-0.1, -0.05) is 12.2 Å². The van der Waals surface area contributed by atoms with Crippen molar-refractivity contribution in [1.82, 2.24) is 4.98 Å². The second kappa shape index (κ2) is 7.53. The Morgan fingerprint density at radius 1 is 1.27 bits per heavy atom. The molecule has 1 aromatic carbocycles. The van der Waals surface area contributed by atoms with Crippen molar-refractivity contribution in [3.8, 4) is 5.88 Å². The molecule has 3 rings (SSSR count). The number of rotatable bonds is 4. The summed E-state index contributed by atoms with van der Waals surface area (Å²) < 4.78 is 85.7. The molecule has 0 radical (unpaired) electrons. The number of esters is 1. The van der Waals surface area contributed by atoms with E-state index in [4.69, 9.17) is 4.74 Å². The van der Waals surface area contributed by atoms with E-state index in [1.54, 1.807) is 0 Å². The molecule has 1 atom stereocenters. The number of aromatic amines is 1. The number of halogens is 6. The molecular weight excluding hydrogens is 418 g/mol. The van der Waals surface area contributed by atoms with Crippen molar-refractivity contribution in [2.75, 3.05) is 11.4 Å². The Labute approximate surface area is 166 Å². The van der Waals surface area contributed by atoms with Crippen LogP contribution >= 0.6 is 0 Å². The van der Waals surface area contributed by atoms with Crippen molar-refractivity contribution < 1.29 is 41.0 Å². The number of benzene rings is 1. The van der Waals surface area contributed by atoms with E-state index in [-0.39, 0.29) is 29.1 Å². The van der Waals surface area contributed by atoms with Gasteiger partial charge in [-0.25, -0.2) is 0 Å². The molecular formula is C19H18F6N2O3. The van der Waals surface area contributed by atoms with Crippen LogP contribution in [0.15, 0.2) is 12.1 Å². The predicted molar refractivity (Wildman–Crippen MR) is 97.0 cm³/mol. The Morgan fingerprint density at radius 2 is 1.93 bits per heavy atom. The van der Waals surface area contributed by atoms with Crippen LogP contribution in [0.25, 0.3) is 17.0 Å². The smallest absolute Gasteiger partial charge is 0.410 e. The van der Waals surface area contributed by atoms with Crippen molar-refractivity contribution in [2.45, 2.75) is 45.3 Å². The highest BCUT2D eigenvalue weighted by molar-refractivity contribution is 6.01. The lowest BCUT2D eigenvalue weighted by atomic mass is 9.90. The van der Waals surface area contributed by atoms with Gasteiger partial charge in [-0.3, -0.25) is 4.79 Å². The van der Waals surface area contributed by atoms with Gasteiger partial charge in [0.05, 0.1) is 35.8 Å². The lowest BCUT2D eigenvalue weighted by molar-refractivity contribution is -0.138. The van der Waals surface area contributed by atoms with E-state index in [1.165, 1.54) is 30.0 Å². The number of aliphatic hydroxyl groups excluding tert-OH is 1. The number of likely N-dealkylation sites (N-methyl/N-ethyl adjacent to an activating group) is 1. The minimum absolute atomic E-state index is 0.0187. The van der Waals surface area contributed by atoms with Crippen LogP contribution < -0.4 is 9.64 Å². The Hall–Kier alpha value is -2.69. The Bertz CT molecular complexity index is 1010. The minimum atomic E-state index is -4.93. The second-order valence-corrected chi connectivity index (χ2v) is 6.82. The number of anilines is 1. The Morgan fingerprint density at radius 3 is 2.43 bits per heavy atom. The molecule has 1 aromatic heterocycles. The molecule has 2 heterocycles. The average Bonchev–Trinajstić information content (AvgIpc) is 2.99. The van der Waals surface area contributed by atoms with Crippen LogP contribution in [0.3, 0.4) is 0 Å². The first-order valence-electron chi connectivity index (χ1n) is 8.97. The summed E-state index contributed by atoms with van der Waals surface area (Å²) in [7, 11) is 0. The second-order valence-electron chi connectivity index (χ2n) is 6.82. The summed E-state index contributed by atoms with van der Waals surface area (Å²) in [5.74, 6) is -1.00. The van der Waals surface area contributed by atoms with Crippen molar-refractivity contribution in [2.24, 2.45) is 0 Å². The topological polar surface area (TPSA) is 65.6 Å². The molecule has 0 aliphatic carbocycles. The third-order valence-corrected chi connectivity index (χ3v) is 4.83. The number of hydrogen-bond acceptors (Lipinski definition) is 4. The minimum Gasteiger partial charge on any atom is -0.410 e. The van der Waals surface area contributed by atoms with E-state index in [9.17, 15) is 36.2 Å². The molecule has 2 aromatic rings. The highest BCUT2D eigenvalue weighted by Gasteiger charge is 2.42. The van der Waals surface area contributed by atoms with E-state index in [1.807, 2.05) is 0 Å². The molecule has 11 heteroatoms. The van der Waals surface area contributed by atoms with Gasteiger partial charge in [0.2, 0.25) is 5.88 Å². The van der Waals surface area contributed by atoms with Crippen molar-refractivity contribution in [3.05, 3.63) is 28.8 Å². The summed E-state index contributed by atoms with van der Waals surface area (Å²) in [5.41, 5.74) is -2.09. The Balaban J connectivity index is 2.35. The van der Waals surface area contributed by atoms with E-state index in [2.05, 4.69) is 4.98 Å². The van der Waals surface area contributed by atoms with Gasteiger partial charge in [-0.15, -0.1) is 0 Å². The highest BCUT2D eigenvalue weighted by Crippen LogP contribution is 2.48. The first-order chi connectivity index (χ1) is 13.9. The molecule has 5 nitrogen and oxygen atoms in total. The standard InChI is InChI=1S/C19H18F6N2O3/c1-3-27-10(7-18(20,21)22)4-5-11-12-6-14(30-9(2)29)26-16(12)15(19(23,24)25)13(8-28)17(11)27/h4-6,10,26,28H,3,7-8H2,1-2H3. The summed E-state index contributed by atoms with van der Waals surface area (Å²) >= 11 is 0. The number of aromatic nitrogens is 1. The van der Waals surface area contributed by atoms with E-state index in [0.717, 1.165) is 6.92 Å². The number of nitrogens with zero attached hydrogens (tertiary/aromatic N) is 1. The molecule has 0 amide bonds. The number of ether oxygens (including phenoxy) is 1. The number of carbonyl (C=O) groups is 1. The molecule has 30 heavy (non-hydrogen) atoms. The number of nitrogens with one attached hydrogen (secondary N) is 1. The monoisotopic (exact) mass is 436 g/mol. The van der Waals surface area contributed by atoms with Gasteiger partial charge in [0.25, 0.3) is 0 Å². The van der Waals surface area contributed by atoms with Crippen LogP contribution in [0, 0.1) is 0 Å². The lowest BCUT2D eigenvalue weighted by Crippen LogP contribution is -2.40. The van der Waals surface area contributed by atoms with Gasteiger partial charge in [-0.2, -0.15) is 26.3 Å². The van der Waals surface area contributed by atoms with Crippen LogP contribution in [-0.2, 0) is 17.6 Å². The molecule has 1 unspecified atom stereocenters. The Kier molecular flexibility index (Phi) is 5.52. The maximum absolute atomic E-state index is 14.0. The number of aliphatic hydroxyl groups is 1. The van der Waals surface area contributed by atoms with E-state index in [0.29, 0.717) is 0 Å². The lowest BCUT2D eigenvalue weighted by Gasteiger charge is -2.38. The normalized spacial score (nSPS) is 16.8. The first kappa shape index (κ1) is 22.0. The van der Waals surface area contributed by atoms with E-state index >= 15 is 0 Å². The third kappa shape index (κ3) is 3.98. The predicted octanol–water partition coefficient (Wildman–Crippen LogP) is 4.78. The fourth-order valence-electron chi connectivity index (χ4n) is 3.86. The number of fused-ring (bicyclic) bond motifs is 3. The van der Waals surface area contributed by atoms with Crippen LogP contribution in [0.1, 0.15) is 37.0 Å². The summed E-state index contributed by atoms with van der Waals surface area (Å²) in [6.07, 6.45) is -8.14. The number of hydrogen-bond donors (Lipinski definition) is 2. The van der Waals surface area contributed by atoms with E-state index < -0.39 is 54.0 Å². The highest BCUT2D eigenvalue weighted by atomic mass is 19.4. The van der Waals surface area contributed by atoms with Gasteiger partial charge in [0.15, 0.2) is 0 Å². The number of H-pyrrole nitrogens is 1. The SMILES string of the molecule is CCN1c2c(CO)c(C(F)(F)F)c3[nH]c(OC(C)=O)cc3c2C=CC1CC(F)(F)F. The molecule has 0 bridgehead atoms. The van der Waals surface area contributed by atoms with Crippen LogP contribution in [0.5, 0.6) is 5.88 Å². The molecule has 1 aliphatic heterocycles. The average molecular weight is 436 g/mol. The quantitative estimate of drug-likeness (QED) is 0.535. The summed E-state index contributed by atoms with van der Waals surface area (Å²) in [4.78, 5) is 14.8. The van der Waals surface area contributed by atoms with Gasteiger partial charge >= 0.3 is 18.3 Å². The molecule has 2 N–H and O–H groups in total. The zero-order valence-electron chi connectivity index (χ0n) is 15.9. The maximum atomic E-state index is 14.0. The zero-order valence-corrected chi connectivity index (χ0v) is 15.9. The molecule has 164 valence electrons. The number of alkyl halides is 6. The number of carbonyl (C=O) groups excluding carboxylic acids is 1. The summed E-state index contributed by atoms with van der Waals surface area (Å²) in [6, 6.07) is -0.0352. The molecule has 0 saturated heterocycles. The molecule has 0 spiro atoms. The first-order valence-corrected chi connectivity index (χ1v) is 8.97. The molecule has 0 saturated carbocycles. The summed E-state index contributed by atoms with van der Waals surface area (Å²) in [6.45, 7) is 1.53.